The average Bonchev–Trinajstić information content (AvgIpc) is 2.29. The lowest BCUT2D eigenvalue weighted by Crippen LogP contribution is -2.25. The van der Waals surface area contributed by atoms with Gasteiger partial charge in [-0.25, -0.2) is 17.2 Å². The van der Waals surface area contributed by atoms with Crippen LogP contribution in [0.3, 0.4) is 0 Å². The topological polar surface area (TPSA) is 47.0 Å². The van der Waals surface area contributed by atoms with Crippen LogP contribution in [-0.4, -0.2) is 18.9 Å². The zero-order valence-electron chi connectivity index (χ0n) is 9.58. The van der Waals surface area contributed by atoms with Crippen LogP contribution in [0.15, 0.2) is 24.4 Å². The Hall–Kier alpha value is -1.77. The molecule has 0 saturated heterocycles. The number of alkyl halides is 3. The summed E-state index contributed by atoms with van der Waals surface area (Å²) < 4.78 is 84.6. The number of nitrogens with zero attached hydrogens (tertiary/aromatic N) is 1. The first kappa shape index (κ1) is 14.6. The molecule has 0 aliphatic rings. The molecule has 1 aromatic heterocycles. The van der Waals surface area contributed by atoms with E-state index in [0.717, 1.165) is 24.4 Å². The third-order valence-corrected chi connectivity index (χ3v) is 3.89. The minimum atomic E-state index is -5.39. The third-order valence-electron chi connectivity index (χ3n) is 2.51. The summed E-state index contributed by atoms with van der Waals surface area (Å²) in [6.07, 6.45) is 0.985. The molecular weight excluding hydrogens is 305 g/mol. The fourth-order valence-electron chi connectivity index (χ4n) is 1.54. The van der Waals surface area contributed by atoms with Gasteiger partial charge >= 0.3 is 5.51 Å². The number of hydrogen-bond donors (Lipinski definition) is 0. The zero-order chi connectivity index (χ0) is 15.1. The molecule has 1 aromatic carbocycles. The molecule has 20 heavy (non-hydrogen) atoms. The first-order chi connectivity index (χ1) is 9.10. The Morgan fingerprint density at radius 3 is 2.10 bits per heavy atom. The van der Waals surface area contributed by atoms with Crippen molar-refractivity contribution in [3.8, 4) is 0 Å². The van der Waals surface area contributed by atoms with E-state index in [2.05, 4.69) is 4.98 Å². The zero-order valence-corrected chi connectivity index (χ0v) is 10.4. The highest BCUT2D eigenvalue weighted by Crippen LogP contribution is 2.27. The van der Waals surface area contributed by atoms with Gasteiger partial charge < -0.3 is 0 Å². The molecule has 0 atom stereocenters. The van der Waals surface area contributed by atoms with Gasteiger partial charge in [0.25, 0.3) is 9.84 Å². The number of sulfone groups is 1. The molecule has 0 spiro atoms. The number of pyridine rings is 1. The molecule has 0 amide bonds. The Kier molecular flexibility index (Phi) is 3.41. The van der Waals surface area contributed by atoms with Gasteiger partial charge in [0.15, 0.2) is 11.6 Å². The molecule has 108 valence electrons. The lowest BCUT2D eigenvalue weighted by Gasteiger charge is -2.08. The van der Waals surface area contributed by atoms with Crippen molar-refractivity contribution in [1.82, 2.24) is 4.98 Å². The van der Waals surface area contributed by atoms with Crippen molar-refractivity contribution in [2.45, 2.75) is 11.3 Å². The molecule has 0 saturated carbocycles. The van der Waals surface area contributed by atoms with E-state index in [4.69, 9.17) is 0 Å². The summed E-state index contributed by atoms with van der Waals surface area (Å²) in [6.45, 7) is 0. The van der Waals surface area contributed by atoms with Crippen LogP contribution in [0, 0.1) is 11.6 Å². The van der Waals surface area contributed by atoms with Gasteiger partial charge in [-0.05, 0) is 23.6 Å². The van der Waals surface area contributed by atoms with Gasteiger partial charge in [0.05, 0.1) is 5.69 Å². The van der Waals surface area contributed by atoms with Crippen molar-refractivity contribution in [3.05, 3.63) is 41.7 Å². The highest BCUT2D eigenvalue weighted by molar-refractivity contribution is 7.91. The fourth-order valence-corrected chi connectivity index (χ4v) is 2.25. The molecule has 0 unspecified atom stereocenters. The van der Waals surface area contributed by atoms with Gasteiger partial charge in [-0.3, -0.25) is 4.98 Å². The average molecular weight is 311 g/mol. The second-order valence-corrected chi connectivity index (χ2v) is 5.98. The van der Waals surface area contributed by atoms with Crippen molar-refractivity contribution >= 4 is 20.6 Å². The molecule has 0 fully saturated rings. The summed E-state index contributed by atoms with van der Waals surface area (Å²) in [6, 6.07) is 2.55. The van der Waals surface area contributed by atoms with E-state index in [1.807, 2.05) is 0 Å². The maximum atomic E-state index is 13.0. The van der Waals surface area contributed by atoms with E-state index >= 15 is 0 Å². The SMILES string of the molecule is O=S(=O)(Cc1cc2cc(F)c(F)cc2cn1)C(F)(F)F. The third kappa shape index (κ3) is 2.72. The highest BCUT2D eigenvalue weighted by Gasteiger charge is 2.45. The van der Waals surface area contributed by atoms with Crippen LogP contribution in [0.5, 0.6) is 0 Å². The number of benzene rings is 1. The largest absolute Gasteiger partial charge is 0.497 e. The summed E-state index contributed by atoms with van der Waals surface area (Å²) in [5.74, 6) is -3.67. The van der Waals surface area contributed by atoms with Crippen LogP contribution < -0.4 is 0 Å². The first-order valence-electron chi connectivity index (χ1n) is 5.13. The van der Waals surface area contributed by atoms with Crippen LogP contribution in [0.25, 0.3) is 10.8 Å². The predicted octanol–water partition coefficient (Wildman–Crippen LogP) is 2.95. The summed E-state index contributed by atoms with van der Waals surface area (Å²) >= 11 is 0. The van der Waals surface area contributed by atoms with Crippen molar-refractivity contribution in [2.24, 2.45) is 0 Å². The van der Waals surface area contributed by atoms with Crippen LogP contribution >= 0.6 is 0 Å². The van der Waals surface area contributed by atoms with Crippen molar-refractivity contribution < 1.29 is 30.4 Å². The summed E-state index contributed by atoms with van der Waals surface area (Å²) in [7, 11) is -5.37. The van der Waals surface area contributed by atoms with Crippen molar-refractivity contribution in [3.63, 3.8) is 0 Å². The van der Waals surface area contributed by atoms with Crippen molar-refractivity contribution in [1.29, 1.82) is 0 Å². The monoisotopic (exact) mass is 311 g/mol. The van der Waals surface area contributed by atoms with E-state index in [9.17, 15) is 30.4 Å². The van der Waals surface area contributed by atoms with E-state index in [-0.39, 0.29) is 10.8 Å². The number of aromatic nitrogens is 1. The van der Waals surface area contributed by atoms with Crippen LogP contribution in [-0.2, 0) is 15.6 Å². The molecule has 0 radical (unpaired) electrons. The highest BCUT2D eigenvalue weighted by atomic mass is 32.2. The quantitative estimate of drug-likeness (QED) is 0.801. The number of hydrogen-bond acceptors (Lipinski definition) is 3. The Morgan fingerprint density at radius 1 is 1.00 bits per heavy atom. The van der Waals surface area contributed by atoms with E-state index in [1.165, 1.54) is 0 Å². The maximum absolute atomic E-state index is 13.0. The second kappa shape index (κ2) is 4.65. The molecular formula is C11H6F5NO2S. The van der Waals surface area contributed by atoms with E-state index < -0.39 is 38.4 Å². The molecule has 2 rings (SSSR count). The van der Waals surface area contributed by atoms with E-state index in [1.54, 1.807) is 0 Å². The van der Waals surface area contributed by atoms with Gasteiger partial charge in [-0.1, -0.05) is 0 Å². The molecule has 0 bridgehead atoms. The molecule has 9 heteroatoms. The molecule has 3 nitrogen and oxygen atoms in total. The minimum absolute atomic E-state index is 0.0614. The maximum Gasteiger partial charge on any atom is 0.497 e. The number of halogens is 5. The summed E-state index contributed by atoms with van der Waals surface area (Å²) in [5.41, 5.74) is -5.79. The fraction of sp³-hybridized carbons (Fsp3) is 0.182. The first-order valence-corrected chi connectivity index (χ1v) is 6.78. The minimum Gasteiger partial charge on any atom is -0.260 e. The molecule has 0 aliphatic carbocycles. The van der Waals surface area contributed by atoms with Crippen molar-refractivity contribution in [2.75, 3.05) is 0 Å². The molecule has 1 heterocycles. The lowest BCUT2D eigenvalue weighted by atomic mass is 10.1. The van der Waals surface area contributed by atoms with Gasteiger partial charge in [-0.15, -0.1) is 0 Å². The normalized spacial score (nSPS) is 12.8. The van der Waals surface area contributed by atoms with Crippen LogP contribution in [0.1, 0.15) is 5.69 Å². The second-order valence-electron chi connectivity index (χ2n) is 3.99. The predicted molar refractivity (Wildman–Crippen MR) is 60.3 cm³/mol. The van der Waals surface area contributed by atoms with Crippen LogP contribution in [0.4, 0.5) is 22.0 Å². The standard InChI is InChI=1S/C11H6F5NO2S/c12-9-2-6-1-8(5-20(18,19)11(14,15)16)17-4-7(6)3-10(9)13/h1-4H,5H2. The number of rotatable bonds is 2. The van der Waals surface area contributed by atoms with Gasteiger partial charge in [-0.2, -0.15) is 13.2 Å². The van der Waals surface area contributed by atoms with Crippen LogP contribution in [0.2, 0.25) is 0 Å². The molecule has 0 N–H and O–H groups in total. The smallest absolute Gasteiger partial charge is 0.260 e. The van der Waals surface area contributed by atoms with Gasteiger partial charge in [0.2, 0.25) is 0 Å². The Bertz CT molecular complexity index is 770. The summed E-state index contributed by atoms with van der Waals surface area (Å²) in [5, 5.41) is 0.211. The molecule has 2 aromatic rings. The Morgan fingerprint density at radius 2 is 1.55 bits per heavy atom. The van der Waals surface area contributed by atoms with Gasteiger partial charge in [0.1, 0.15) is 5.75 Å². The molecule has 0 aliphatic heterocycles. The summed E-state index contributed by atoms with van der Waals surface area (Å²) in [4.78, 5) is 3.51. The number of fused-ring (bicyclic) bond motifs is 1. The Labute approximate surface area is 110 Å². The van der Waals surface area contributed by atoms with E-state index in [0.29, 0.717) is 0 Å². The Balaban J connectivity index is 2.45. The lowest BCUT2D eigenvalue weighted by molar-refractivity contribution is -0.0437. The van der Waals surface area contributed by atoms with Gasteiger partial charge in [0, 0.05) is 11.6 Å².